The molecular formula is C12H14N4O3. The van der Waals surface area contributed by atoms with Crippen molar-refractivity contribution >= 4 is 5.97 Å². The average Bonchev–Trinajstić information content (AvgIpc) is 2.87. The van der Waals surface area contributed by atoms with Gasteiger partial charge in [-0.15, -0.1) is 5.10 Å². The fourth-order valence-electron chi connectivity index (χ4n) is 1.71. The number of carbonyl (C=O) groups is 1. The number of aromatic nitrogens is 4. The van der Waals surface area contributed by atoms with Crippen LogP contribution in [0, 0.1) is 0 Å². The minimum Gasteiger partial charge on any atom is -0.494 e. The van der Waals surface area contributed by atoms with Crippen LogP contribution >= 0.6 is 0 Å². The molecule has 0 saturated carbocycles. The predicted molar refractivity (Wildman–Crippen MR) is 66.8 cm³/mol. The van der Waals surface area contributed by atoms with Gasteiger partial charge in [-0.1, -0.05) is 13.8 Å². The molecule has 0 amide bonds. The molecule has 0 saturated heterocycles. The highest BCUT2D eigenvalue weighted by Gasteiger charge is 2.17. The number of carboxylic acid groups (broad SMARTS) is 1. The Bertz CT molecular complexity index is 607. The number of methoxy groups -OCH3 is 1. The van der Waals surface area contributed by atoms with Gasteiger partial charge in [0.2, 0.25) is 0 Å². The van der Waals surface area contributed by atoms with Gasteiger partial charge in [-0.25, -0.2) is 4.79 Å². The Labute approximate surface area is 109 Å². The fraction of sp³-hybridized carbons (Fsp3) is 0.333. The minimum absolute atomic E-state index is 0.105. The number of aromatic carboxylic acids is 1. The summed E-state index contributed by atoms with van der Waals surface area (Å²) < 4.78 is 6.73. The topological polar surface area (TPSA) is 90.1 Å². The van der Waals surface area contributed by atoms with Gasteiger partial charge in [0.15, 0.2) is 5.82 Å². The van der Waals surface area contributed by atoms with E-state index in [9.17, 15) is 4.79 Å². The van der Waals surface area contributed by atoms with Crippen molar-refractivity contribution in [3.8, 4) is 11.4 Å². The first-order valence-electron chi connectivity index (χ1n) is 5.74. The number of carboxylic acids is 1. The lowest BCUT2D eigenvalue weighted by Crippen LogP contribution is -2.08. The molecule has 2 rings (SSSR count). The fourth-order valence-corrected chi connectivity index (χ4v) is 1.71. The molecule has 7 nitrogen and oxygen atoms in total. The Kier molecular flexibility index (Phi) is 3.46. The summed E-state index contributed by atoms with van der Waals surface area (Å²) in [6, 6.07) is 4.55. The average molecular weight is 262 g/mol. The third-order valence-corrected chi connectivity index (χ3v) is 2.66. The maximum Gasteiger partial charge on any atom is 0.335 e. The van der Waals surface area contributed by atoms with Crippen molar-refractivity contribution < 1.29 is 14.6 Å². The Balaban J connectivity index is 2.62. The highest BCUT2D eigenvalue weighted by molar-refractivity contribution is 5.88. The van der Waals surface area contributed by atoms with E-state index in [1.807, 2.05) is 13.8 Å². The molecule has 100 valence electrons. The van der Waals surface area contributed by atoms with E-state index in [4.69, 9.17) is 9.84 Å². The van der Waals surface area contributed by atoms with Crippen LogP contribution in [-0.2, 0) is 0 Å². The molecule has 0 aliphatic heterocycles. The second kappa shape index (κ2) is 5.05. The number of rotatable bonds is 4. The van der Waals surface area contributed by atoms with Gasteiger partial charge in [0.25, 0.3) is 0 Å². The summed E-state index contributed by atoms with van der Waals surface area (Å²) in [4.78, 5) is 11.0. The molecule has 1 aromatic carbocycles. The third-order valence-electron chi connectivity index (χ3n) is 2.66. The van der Waals surface area contributed by atoms with Gasteiger partial charge in [-0.3, -0.25) is 0 Å². The first-order valence-corrected chi connectivity index (χ1v) is 5.74. The quantitative estimate of drug-likeness (QED) is 0.897. The molecule has 0 aliphatic rings. The highest BCUT2D eigenvalue weighted by atomic mass is 16.5. The van der Waals surface area contributed by atoms with Gasteiger partial charge in [0.05, 0.1) is 12.7 Å². The van der Waals surface area contributed by atoms with Crippen molar-refractivity contribution in [2.45, 2.75) is 19.8 Å². The first-order chi connectivity index (χ1) is 9.04. The molecule has 0 atom stereocenters. The summed E-state index contributed by atoms with van der Waals surface area (Å²) in [7, 11) is 1.51. The summed E-state index contributed by atoms with van der Waals surface area (Å²) in [5, 5.41) is 20.5. The molecule has 1 aromatic heterocycles. The van der Waals surface area contributed by atoms with Crippen molar-refractivity contribution in [2.24, 2.45) is 0 Å². The Morgan fingerprint density at radius 2 is 2.16 bits per heavy atom. The van der Waals surface area contributed by atoms with E-state index in [0.29, 0.717) is 17.3 Å². The number of hydrogen-bond acceptors (Lipinski definition) is 5. The molecule has 1 heterocycles. The number of benzene rings is 1. The standard InChI is InChI=1S/C12H14N4O3/c1-7(2)11-13-14-15-16(11)9-6-8(12(17)18)4-5-10(9)19-3/h4-7H,1-3H3,(H,17,18). The molecular weight excluding hydrogens is 248 g/mol. The molecule has 7 heteroatoms. The zero-order chi connectivity index (χ0) is 14.0. The van der Waals surface area contributed by atoms with Gasteiger partial charge in [0.1, 0.15) is 11.4 Å². The summed E-state index contributed by atoms with van der Waals surface area (Å²) in [5.41, 5.74) is 0.664. The van der Waals surface area contributed by atoms with Crippen molar-refractivity contribution in [1.29, 1.82) is 0 Å². The molecule has 2 aromatic rings. The number of nitrogens with zero attached hydrogens (tertiary/aromatic N) is 4. The van der Waals surface area contributed by atoms with Crippen LogP contribution in [0.15, 0.2) is 18.2 Å². The zero-order valence-electron chi connectivity index (χ0n) is 10.9. The van der Waals surface area contributed by atoms with Crippen LogP contribution in [0.25, 0.3) is 5.69 Å². The zero-order valence-corrected chi connectivity index (χ0v) is 10.9. The van der Waals surface area contributed by atoms with Crippen LogP contribution in [0.2, 0.25) is 0 Å². The van der Waals surface area contributed by atoms with E-state index in [0.717, 1.165) is 0 Å². The van der Waals surface area contributed by atoms with Gasteiger partial charge >= 0.3 is 5.97 Å². The van der Waals surface area contributed by atoms with Gasteiger partial charge < -0.3 is 9.84 Å². The van der Waals surface area contributed by atoms with Crippen LogP contribution in [0.1, 0.15) is 35.9 Å². The normalized spacial score (nSPS) is 10.7. The number of ether oxygens (including phenoxy) is 1. The van der Waals surface area contributed by atoms with Gasteiger partial charge in [0, 0.05) is 5.92 Å². The van der Waals surface area contributed by atoms with Gasteiger partial charge in [-0.2, -0.15) is 4.68 Å². The summed E-state index contributed by atoms with van der Waals surface area (Å²) in [5.74, 6) is 0.247. The molecule has 0 unspecified atom stereocenters. The predicted octanol–water partition coefficient (Wildman–Crippen LogP) is 1.49. The molecule has 0 spiro atoms. The summed E-state index contributed by atoms with van der Waals surface area (Å²) >= 11 is 0. The van der Waals surface area contributed by atoms with E-state index >= 15 is 0 Å². The van der Waals surface area contributed by atoms with Crippen LogP contribution in [0.4, 0.5) is 0 Å². The Hall–Kier alpha value is -2.44. The maximum absolute atomic E-state index is 11.0. The second-order valence-electron chi connectivity index (χ2n) is 4.30. The third kappa shape index (κ3) is 2.40. The lowest BCUT2D eigenvalue weighted by atomic mass is 10.1. The van der Waals surface area contributed by atoms with Crippen molar-refractivity contribution in [1.82, 2.24) is 20.2 Å². The monoisotopic (exact) mass is 262 g/mol. The molecule has 0 bridgehead atoms. The molecule has 0 aliphatic carbocycles. The van der Waals surface area contributed by atoms with Crippen molar-refractivity contribution in [3.63, 3.8) is 0 Å². The van der Waals surface area contributed by atoms with Crippen LogP contribution in [0.5, 0.6) is 5.75 Å². The Morgan fingerprint density at radius 1 is 1.42 bits per heavy atom. The van der Waals surface area contributed by atoms with Crippen LogP contribution in [0.3, 0.4) is 0 Å². The van der Waals surface area contributed by atoms with E-state index < -0.39 is 5.97 Å². The lowest BCUT2D eigenvalue weighted by Gasteiger charge is -2.11. The maximum atomic E-state index is 11.0. The molecule has 19 heavy (non-hydrogen) atoms. The smallest absolute Gasteiger partial charge is 0.335 e. The SMILES string of the molecule is COc1ccc(C(=O)O)cc1-n1nnnc1C(C)C. The highest BCUT2D eigenvalue weighted by Crippen LogP contribution is 2.26. The molecule has 0 radical (unpaired) electrons. The Morgan fingerprint density at radius 3 is 2.74 bits per heavy atom. The first kappa shape index (κ1) is 13.0. The van der Waals surface area contributed by atoms with E-state index in [1.165, 1.54) is 23.9 Å². The second-order valence-corrected chi connectivity index (χ2v) is 4.30. The summed E-state index contributed by atoms with van der Waals surface area (Å²) in [6.07, 6.45) is 0. The van der Waals surface area contributed by atoms with E-state index in [2.05, 4.69) is 15.5 Å². The molecule has 0 fully saturated rings. The summed E-state index contributed by atoms with van der Waals surface area (Å²) in [6.45, 7) is 3.91. The van der Waals surface area contributed by atoms with Gasteiger partial charge in [-0.05, 0) is 28.6 Å². The number of hydrogen-bond donors (Lipinski definition) is 1. The largest absolute Gasteiger partial charge is 0.494 e. The van der Waals surface area contributed by atoms with E-state index in [1.54, 1.807) is 6.07 Å². The van der Waals surface area contributed by atoms with E-state index in [-0.39, 0.29) is 11.5 Å². The van der Waals surface area contributed by atoms with Crippen molar-refractivity contribution in [2.75, 3.05) is 7.11 Å². The van der Waals surface area contributed by atoms with Crippen molar-refractivity contribution in [3.05, 3.63) is 29.6 Å². The van der Waals surface area contributed by atoms with Crippen LogP contribution in [-0.4, -0.2) is 38.4 Å². The lowest BCUT2D eigenvalue weighted by molar-refractivity contribution is 0.0697. The number of tetrazole rings is 1. The molecule has 1 N–H and O–H groups in total. The minimum atomic E-state index is -1.01. The van der Waals surface area contributed by atoms with Crippen LogP contribution < -0.4 is 4.74 Å².